The van der Waals surface area contributed by atoms with E-state index in [1.165, 1.54) is 18.2 Å². The molecule has 1 unspecified atom stereocenters. The van der Waals surface area contributed by atoms with E-state index in [2.05, 4.69) is 14.7 Å². The molecule has 7 heteroatoms. The van der Waals surface area contributed by atoms with Crippen molar-refractivity contribution in [2.24, 2.45) is 0 Å². The molecule has 0 saturated carbocycles. The van der Waals surface area contributed by atoms with Crippen LogP contribution in [0.15, 0.2) is 17.2 Å². The van der Waals surface area contributed by atoms with E-state index in [-0.39, 0.29) is 17.2 Å². The summed E-state index contributed by atoms with van der Waals surface area (Å²) in [6.07, 6.45) is 3.62. The maximum Gasteiger partial charge on any atom is 0.328 e. The average Bonchev–Trinajstić information content (AvgIpc) is 2.87. The molecule has 0 radical (unpaired) electrons. The Hall–Kier alpha value is -2.18. The van der Waals surface area contributed by atoms with Crippen LogP contribution in [0.5, 0.6) is 0 Å². The van der Waals surface area contributed by atoms with E-state index in [1.54, 1.807) is 0 Å². The number of esters is 1. The summed E-state index contributed by atoms with van der Waals surface area (Å²) in [5.74, 6) is -0.801. The smallest absolute Gasteiger partial charge is 0.328 e. The molecule has 1 aromatic heterocycles. The van der Waals surface area contributed by atoms with Crippen LogP contribution < -0.4 is 5.56 Å². The number of methoxy groups -OCH3 is 1. The predicted molar refractivity (Wildman–Crippen MR) is 60.9 cm³/mol. The maximum absolute atomic E-state index is 12.1. The Bertz CT molecular complexity index is 505. The number of ether oxygens (including phenoxy) is 1. The SMILES string of the molecule is COC(=O)C1CCCN1C(=O)c1c[nH]c(=O)cn1. The van der Waals surface area contributed by atoms with Crippen LogP contribution in [0.2, 0.25) is 0 Å². The zero-order valence-corrected chi connectivity index (χ0v) is 9.88. The lowest BCUT2D eigenvalue weighted by Gasteiger charge is -2.21. The average molecular weight is 251 g/mol. The van der Waals surface area contributed by atoms with Crippen molar-refractivity contribution in [1.82, 2.24) is 14.9 Å². The lowest BCUT2D eigenvalue weighted by Crippen LogP contribution is -2.41. The first-order valence-corrected chi connectivity index (χ1v) is 5.57. The zero-order chi connectivity index (χ0) is 13.1. The topological polar surface area (TPSA) is 92.4 Å². The molecule has 1 aliphatic rings. The van der Waals surface area contributed by atoms with E-state index in [0.717, 1.165) is 12.6 Å². The first-order valence-electron chi connectivity index (χ1n) is 5.57. The van der Waals surface area contributed by atoms with E-state index in [9.17, 15) is 14.4 Å². The highest BCUT2D eigenvalue weighted by Crippen LogP contribution is 2.20. The summed E-state index contributed by atoms with van der Waals surface area (Å²) in [5, 5.41) is 0. The van der Waals surface area contributed by atoms with Crippen LogP contribution in [0, 0.1) is 0 Å². The van der Waals surface area contributed by atoms with Gasteiger partial charge in [0.15, 0.2) is 0 Å². The van der Waals surface area contributed by atoms with Gasteiger partial charge in [-0.2, -0.15) is 0 Å². The summed E-state index contributed by atoms with van der Waals surface area (Å²) in [7, 11) is 1.29. The van der Waals surface area contributed by atoms with Gasteiger partial charge in [-0.25, -0.2) is 9.78 Å². The van der Waals surface area contributed by atoms with Gasteiger partial charge < -0.3 is 14.6 Å². The number of carbonyl (C=O) groups is 2. The normalized spacial score (nSPS) is 18.7. The van der Waals surface area contributed by atoms with E-state index in [1.807, 2.05) is 0 Å². The van der Waals surface area contributed by atoms with Gasteiger partial charge in [0, 0.05) is 12.7 Å². The summed E-state index contributed by atoms with van der Waals surface area (Å²) < 4.78 is 4.66. The Morgan fingerprint density at radius 3 is 2.94 bits per heavy atom. The molecule has 1 fully saturated rings. The molecule has 0 aliphatic carbocycles. The Balaban J connectivity index is 2.20. The molecule has 0 spiro atoms. The Morgan fingerprint density at radius 2 is 2.33 bits per heavy atom. The van der Waals surface area contributed by atoms with Gasteiger partial charge in [0.05, 0.1) is 13.3 Å². The van der Waals surface area contributed by atoms with E-state index in [0.29, 0.717) is 13.0 Å². The molecule has 2 heterocycles. The third-order valence-corrected chi connectivity index (χ3v) is 2.88. The third kappa shape index (κ3) is 2.24. The third-order valence-electron chi connectivity index (χ3n) is 2.88. The fourth-order valence-electron chi connectivity index (χ4n) is 2.00. The van der Waals surface area contributed by atoms with Crippen LogP contribution in [0.25, 0.3) is 0 Å². The molecule has 1 aliphatic heterocycles. The zero-order valence-electron chi connectivity index (χ0n) is 9.88. The number of aromatic nitrogens is 2. The summed E-state index contributed by atoms with van der Waals surface area (Å²) in [6, 6.07) is -0.559. The summed E-state index contributed by atoms with van der Waals surface area (Å²) >= 11 is 0. The quantitative estimate of drug-likeness (QED) is 0.718. The Labute approximate surface area is 103 Å². The van der Waals surface area contributed by atoms with Crippen molar-refractivity contribution in [2.45, 2.75) is 18.9 Å². The van der Waals surface area contributed by atoms with Gasteiger partial charge in [0.2, 0.25) is 0 Å². The molecule has 1 atom stereocenters. The lowest BCUT2D eigenvalue weighted by molar-refractivity contribution is -0.145. The second kappa shape index (κ2) is 4.99. The molecule has 0 aromatic carbocycles. The van der Waals surface area contributed by atoms with Crippen LogP contribution in [0.3, 0.4) is 0 Å². The van der Waals surface area contributed by atoms with Gasteiger partial charge in [-0.1, -0.05) is 0 Å². The number of carbonyl (C=O) groups excluding carboxylic acids is 2. The van der Waals surface area contributed by atoms with Crippen LogP contribution in [0.1, 0.15) is 23.3 Å². The fraction of sp³-hybridized carbons (Fsp3) is 0.455. The van der Waals surface area contributed by atoms with Crippen molar-refractivity contribution < 1.29 is 14.3 Å². The van der Waals surface area contributed by atoms with E-state index < -0.39 is 12.0 Å². The van der Waals surface area contributed by atoms with Crippen LogP contribution >= 0.6 is 0 Å². The molecule has 1 saturated heterocycles. The number of aromatic amines is 1. The predicted octanol–water partition coefficient (Wildman–Crippen LogP) is -0.453. The van der Waals surface area contributed by atoms with Crippen molar-refractivity contribution in [3.63, 3.8) is 0 Å². The number of nitrogens with one attached hydrogen (secondary N) is 1. The second-order valence-corrected chi connectivity index (χ2v) is 3.98. The lowest BCUT2D eigenvalue weighted by atomic mass is 10.2. The van der Waals surface area contributed by atoms with Crippen LogP contribution in [-0.2, 0) is 9.53 Å². The first-order chi connectivity index (χ1) is 8.63. The van der Waals surface area contributed by atoms with Gasteiger partial charge in [-0.05, 0) is 12.8 Å². The summed E-state index contributed by atoms with van der Waals surface area (Å²) in [6.45, 7) is 0.486. The minimum Gasteiger partial charge on any atom is -0.467 e. The van der Waals surface area contributed by atoms with Gasteiger partial charge in [0.1, 0.15) is 11.7 Å². The first kappa shape index (κ1) is 12.3. The highest BCUT2D eigenvalue weighted by Gasteiger charge is 2.35. The monoisotopic (exact) mass is 251 g/mol. The molecule has 0 bridgehead atoms. The van der Waals surface area contributed by atoms with Crippen LogP contribution in [0.4, 0.5) is 0 Å². The number of rotatable bonds is 2. The number of nitrogens with zero attached hydrogens (tertiary/aromatic N) is 2. The largest absolute Gasteiger partial charge is 0.467 e. The van der Waals surface area contributed by atoms with Gasteiger partial charge in [-0.3, -0.25) is 9.59 Å². The standard InChI is InChI=1S/C11H13N3O4/c1-18-11(17)8-3-2-4-14(8)10(16)7-5-13-9(15)6-12-7/h5-6,8H,2-4H2,1H3,(H,13,15). The molecule has 18 heavy (non-hydrogen) atoms. The molecule has 2 rings (SSSR count). The molecule has 1 aromatic rings. The molecule has 96 valence electrons. The summed E-state index contributed by atoms with van der Waals surface area (Å²) in [5.41, 5.74) is -0.261. The van der Waals surface area contributed by atoms with Gasteiger partial charge in [0.25, 0.3) is 11.5 Å². The molecular weight excluding hydrogens is 238 g/mol. The molecule has 1 amide bonds. The maximum atomic E-state index is 12.1. The summed E-state index contributed by atoms with van der Waals surface area (Å²) in [4.78, 5) is 42.1. The Morgan fingerprint density at radius 1 is 1.56 bits per heavy atom. The van der Waals surface area contributed by atoms with Crippen LogP contribution in [-0.4, -0.2) is 46.4 Å². The molecule has 1 N–H and O–H groups in total. The highest BCUT2D eigenvalue weighted by atomic mass is 16.5. The van der Waals surface area contributed by atoms with Crippen molar-refractivity contribution in [3.05, 3.63) is 28.4 Å². The number of hydrogen-bond donors (Lipinski definition) is 1. The number of H-pyrrole nitrogens is 1. The van der Waals surface area contributed by atoms with Crippen molar-refractivity contribution in [3.8, 4) is 0 Å². The van der Waals surface area contributed by atoms with Gasteiger partial charge >= 0.3 is 5.97 Å². The van der Waals surface area contributed by atoms with E-state index in [4.69, 9.17) is 0 Å². The van der Waals surface area contributed by atoms with Crippen molar-refractivity contribution in [1.29, 1.82) is 0 Å². The van der Waals surface area contributed by atoms with Crippen molar-refractivity contribution in [2.75, 3.05) is 13.7 Å². The highest BCUT2D eigenvalue weighted by molar-refractivity contribution is 5.95. The molecule has 7 nitrogen and oxygen atoms in total. The fourth-order valence-corrected chi connectivity index (χ4v) is 2.00. The minimum atomic E-state index is -0.559. The minimum absolute atomic E-state index is 0.116. The molecular formula is C11H13N3O4. The number of likely N-dealkylation sites (tertiary alicyclic amines) is 1. The van der Waals surface area contributed by atoms with Crippen molar-refractivity contribution >= 4 is 11.9 Å². The van der Waals surface area contributed by atoms with E-state index >= 15 is 0 Å². The Kier molecular flexibility index (Phi) is 3.40. The second-order valence-electron chi connectivity index (χ2n) is 3.98. The number of amides is 1. The number of hydrogen-bond acceptors (Lipinski definition) is 5. The van der Waals surface area contributed by atoms with Gasteiger partial charge in [-0.15, -0.1) is 0 Å².